The van der Waals surface area contributed by atoms with Crippen LogP contribution in [0.4, 0.5) is 0 Å². The number of carbonyl (C=O) groups is 5. The lowest BCUT2D eigenvalue weighted by Gasteiger charge is -2.25. The van der Waals surface area contributed by atoms with Gasteiger partial charge in [-0.15, -0.1) is 0 Å². The van der Waals surface area contributed by atoms with Crippen LogP contribution >= 0.6 is 25.3 Å². The van der Waals surface area contributed by atoms with Gasteiger partial charge in [0.05, 0.1) is 24.7 Å². The largest absolute Gasteiger partial charge is 0.480 e. The summed E-state index contributed by atoms with van der Waals surface area (Å²) in [5.74, 6) is -4.72. The Morgan fingerprint density at radius 2 is 1.44 bits per heavy atom. The number of benzene rings is 1. The molecule has 1 aromatic carbocycles. The van der Waals surface area contributed by atoms with Gasteiger partial charge in [0.15, 0.2) is 0 Å². The van der Waals surface area contributed by atoms with Crippen molar-refractivity contribution >= 4 is 65.8 Å². The summed E-state index contributed by atoms with van der Waals surface area (Å²) in [5.41, 5.74) is 7.50. The van der Waals surface area contributed by atoms with E-state index in [1.807, 2.05) is 18.2 Å². The highest BCUT2D eigenvalue weighted by Gasteiger charge is 2.32. The third-order valence-corrected chi connectivity index (χ3v) is 7.24. The van der Waals surface area contributed by atoms with E-state index in [1.165, 1.54) is 12.5 Å². The Morgan fingerprint density at radius 3 is 2.02 bits per heavy atom. The Balaban J connectivity index is 1.88. The van der Waals surface area contributed by atoms with Gasteiger partial charge in [0.1, 0.15) is 24.2 Å². The first-order valence-corrected chi connectivity index (χ1v) is 14.4. The average Bonchev–Trinajstić information content (AvgIpc) is 3.67. The molecule has 43 heavy (non-hydrogen) atoms. The summed E-state index contributed by atoms with van der Waals surface area (Å²) >= 11 is 7.92. The van der Waals surface area contributed by atoms with Gasteiger partial charge in [0.25, 0.3) is 0 Å². The first kappa shape index (κ1) is 33.4. The van der Waals surface area contributed by atoms with Gasteiger partial charge in [-0.1, -0.05) is 18.2 Å². The first-order valence-electron chi connectivity index (χ1n) is 13.1. The monoisotopic (exact) mass is 634 g/mol. The molecular weight excluding hydrogens is 600 g/mol. The second kappa shape index (κ2) is 16.0. The Morgan fingerprint density at radius 1 is 0.837 bits per heavy atom. The number of thiol groups is 2. The molecule has 0 fully saturated rings. The molecule has 17 heteroatoms. The smallest absolute Gasteiger partial charge is 0.327 e. The number of nitrogens with two attached hydrogens (primary N) is 1. The molecule has 232 valence electrons. The van der Waals surface area contributed by atoms with E-state index in [0.717, 1.165) is 10.9 Å². The molecule has 0 aliphatic rings. The van der Waals surface area contributed by atoms with Crippen LogP contribution in [0.25, 0.3) is 10.9 Å². The molecule has 0 spiro atoms. The zero-order chi connectivity index (χ0) is 31.5. The van der Waals surface area contributed by atoms with E-state index in [2.05, 4.69) is 61.5 Å². The number of para-hydroxylation sites is 1. The number of carboxylic acid groups (broad SMARTS) is 1. The predicted molar refractivity (Wildman–Crippen MR) is 162 cm³/mol. The number of aliphatic hydroxyl groups is 1. The van der Waals surface area contributed by atoms with E-state index in [4.69, 9.17) is 5.73 Å². The third-order valence-electron chi connectivity index (χ3n) is 6.48. The molecule has 0 radical (unpaired) electrons. The predicted octanol–water partition coefficient (Wildman–Crippen LogP) is -2.12. The molecule has 3 rings (SSSR count). The number of carbonyl (C=O) groups excluding carboxylic acids is 4. The van der Waals surface area contributed by atoms with Crippen LogP contribution in [-0.4, -0.2) is 103 Å². The lowest BCUT2D eigenvalue weighted by molar-refractivity contribution is -0.141. The Hall–Kier alpha value is -4.06. The van der Waals surface area contributed by atoms with Crippen molar-refractivity contribution in [1.29, 1.82) is 0 Å². The number of aromatic nitrogens is 3. The fraction of sp³-hybridized carbons (Fsp3) is 0.385. The SMILES string of the molecule is N[C@@H](CS)C(=O)N[C@@H](CO)C(=O)N[C@@H](Cc1c[nH]c2ccccc12)C(=O)N[C@@H](Cc1c[nH]cn1)C(=O)N[C@@H](CS)C(=O)O. The van der Waals surface area contributed by atoms with Gasteiger partial charge in [-0.25, -0.2) is 9.78 Å². The Kier molecular flexibility index (Phi) is 12.4. The number of amides is 4. The molecule has 0 aliphatic heterocycles. The van der Waals surface area contributed by atoms with Gasteiger partial charge >= 0.3 is 5.97 Å². The van der Waals surface area contributed by atoms with Gasteiger partial charge < -0.3 is 47.2 Å². The molecule has 5 atom stereocenters. The Bertz CT molecular complexity index is 1420. The highest BCUT2D eigenvalue weighted by Crippen LogP contribution is 2.19. The van der Waals surface area contributed by atoms with Crippen LogP contribution in [0.2, 0.25) is 0 Å². The van der Waals surface area contributed by atoms with Crippen molar-refractivity contribution < 1.29 is 34.2 Å². The second-order valence-electron chi connectivity index (χ2n) is 9.57. The van der Waals surface area contributed by atoms with Crippen LogP contribution in [0.3, 0.4) is 0 Å². The second-order valence-corrected chi connectivity index (χ2v) is 10.3. The highest BCUT2D eigenvalue weighted by atomic mass is 32.1. The molecule has 0 unspecified atom stereocenters. The molecule has 0 aliphatic carbocycles. The number of fused-ring (bicyclic) bond motifs is 1. The maximum Gasteiger partial charge on any atom is 0.327 e. The fourth-order valence-corrected chi connectivity index (χ4v) is 4.52. The summed E-state index contributed by atoms with van der Waals surface area (Å²) in [6, 6.07) is 0.895. The van der Waals surface area contributed by atoms with Gasteiger partial charge in [-0.05, 0) is 11.6 Å². The summed E-state index contributed by atoms with van der Waals surface area (Å²) in [4.78, 5) is 73.6. The van der Waals surface area contributed by atoms with Gasteiger partial charge in [0.2, 0.25) is 23.6 Å². The van der Waals surface area contributed by atoms with Gasteiger partial charge in [-0.2, -0.15) is 25.3 Å². The normalized spacial score (nSPS) is 14.6. The van der Waals surface area contributed by atoms with Gasteiger partial charge in [-0.3, -0.25) is 19.2 Å². The first-order chi connectivity index (χ1) is 20.6. The number of rotatable bonds is 16. The van der Waals surface area contributed by atoms with E-state index < -0.39 is 66.4 Å². The summed E-state index contributed by atoms with van der Waals surface area (Å²) in [6.45, 7) is -0.789. The molecule has 0 saturated heterocycles. The molecule has 0 bridgehead atoms. The van der Waals surface area contributed by atoms with Crippen molar-refractivity contribution in [3.05, 3.63) is 54.2 Å². The van der Waals surface area contributed by atoms with Crippen molar-refractivity contribution in [2.45, 2.75) is 43.1 Å². The van der Waals surface area contributed by atoms with E-state index in [-0.39, 0.29) is 24.3 Å². The molecular formula is C26H34N8O7S2. The molecule has 10 N–H and O–H groups in total. The summed E-state index contributed by atoms with van der Waals surface area (Å²) < 4.78 is 0. The maximum absolute atomic E-state index is 13.7. The summed E-state index contributed by atoms with van der Waals surface area (Å²) in [7, 11) is 0. The van der Waals surface area contributed by atoms with E-state index >= 15 is 0 Å². The minimum atomic E-state index is -1.44. The zero-order valence-corrected chi connectivity index (χ0v) is 24.6. The number of aliphatic hydroxyl groups excluding tert-OH is 1. The standard InChI is InChI=1S/C26H34N8O7S2/c27-16(10-42)22(36)33-20(9-35)25(39)31-18(5-13-7-29-17-4-2-1-3-15(13)17)23(37)32-19(6-14-8-28-12-30-14)24(38)34-21(11-43)26(40)41/h1-4,7-8,12,16,18-21,29,35,42-43H,5-6,9-11,27H2,(H,28,30)(H,31,39)(H,32,37)(H,33,36)(H,34,38)(H,40,41)/t16-,18-,19-,20-,21-/m0/s1. The van der Waals surface area contributed by atoms with Crippen molar-refractivity contribution in [3.8, 4) is 0 Å². The highest BCUT2D eigenvalue weighted by molar-refractivity contribution is 7.80. The lowest BCUT2D eigenvalue weighted by Crippen LogP contribution is -2.60. The number of nitrogens with one attached hydrogen (secondary N) is 6. The quantitative estimate of drug-likeness (QED) is 0.0771. The van der Waals surface area contributed by atoms with E-state index in [9.17, 15) is 34.2 Å². The molecule has 4 amide bonds. The van der Waals surface area contributed by atoms with E-state index in [1.54, 1.807) is 12.3 Å². The minimum absolute atomic E-state index is 0.00734. The Labute approximate surface area is 257 Å². The number of aliphatic carboxylic acids is 1. The number of imidazole rings is 1. The van der Waals surface area contributed by atoms with E-state index in [0.29, 0.717) is 11.3 Å². The van der Waals surface area contributed by atoms with Crippen molar-refractivity contribution in [2.75, 3.05) is 18.1 Å². The van der Waals surface area contributed by atoms with Crippen LogP contribution in [0.1, 0.15) is 11.3 Å². The zero-order valence-electron chi connectivity index (χ0n) is 22.8. The topological polar surface area (TPSA) is 244 Å². The average molecular weight is 635 g/mol. The van der Waals surface area contributed by atoms with Gasteiger partial charge in [0, 0.05) is 47.6 Å². The number of nitrogens with zero attached hydrogens (tertiary/aromatic N) is 1. The van der Waals surface area contributed by atoms with Crippen LogP contribution in [0, 0.1) is 0 Å². The molecule has 2 heterocycles. The van der Waals surface area contributed by atoms with Crippen LogP contribution < -0.4 is 27.0 Å². The fourth-order valence-electron chi connectivity index (χ4n) is 4.11. The molecule has 15 nitrogen and oxygen atoms in total. The maximum atomic E-state index is 13.7. The molecule has 0 saturated carbocycles. The number of hydrogen-bond donors (Lipinski definition) is 11. The van der Waals surface area contributed by atoms with Crippen LogP contribution in [-0.2, 0) is 36.8 Å². The van der Waals surface area contributed by atoms with Crippen LogP contribution in [0.5, 0.6) is 0 Å². The van der Waals surface area contributed by atoms with Crippen molar-refractivity contribution in [2.24, 2.45) is 5.73 Å². The number of carboxylic acids is 1. The molecule has 2 aromatic heterocycles. The van der Waals surface area contributed by atoms with Crippen molar-refractivity contribution in [3.63, 3.8) is 0 Å². The van der Waals surface area contributed by atoms with Crippen LogP contribution in [0.15, 0.2) is 43.0 Å². The number of H-pyrrole nitrogens is 2. The lowest BCUT2D eigenvalue weighted by atomic mass is 10.0. The minimum Gasteiger partial charge on any atom is -0.480 e. The van der Waals surface area contributed by atoms with Crippen molar-refractivity contribution in [1.82, 2.24) is 36.2 Å². The summed E-state index contributed by atoms with van der Waals surface area (Å²) in [5, 5.41) is 29.8. The summed E-state index contributed by atoms with van der Waals surface area (Å²) in [6.07, 6.45) is 4.41. The third kappa shape index (κ3) is 9.21. The molecule has 3 aromatic rings. The number of hydrogen-bond acceptors (Lipinski definition) is 10. The number of aromatic amines is 2.